The van der Waals surface area contributed by atoms with Gasteiger partial charge in [0, 0.05) is 23.9 Å². The summed E-state index contributed by atoms with van der Waals surface area (Å²) in [5.74, 6) is -0.183. The largest absolute Gasteiger partial charge is 0.456 e. The maximum Gasteiger partial charge on any atom is 0.332 e. The molecule has 7 heteroatoms. The Morgan fingerprint density at radius 1 is 1.15 bits per heavy atom. The number of aliphatic hydroxyl groups excluding tert-OH is 1. The number of fused-ring (bicyclic) bond motifs is 5. The van der Waals surface area contributed by atoms with Crippen LogP contribution in [0, 0.1) is 34.5 Å². The summed E-state index contributed by atoms with van der Waals surface area (Å²) in [4.78, 5) is 36.9. The van der Waals surface area contributed by atoms with E-state index in [1.807, 2.05) is 13.0 Å². The van der Waals surface area contributed by atoms with E-state index >= 15 is 0 Å². The first-order chi connectivity index (χ1) is 15.7. The zero-order chi connectivity index (χ0) is 23.8. The SMILES string of the molecule is CCOCOCC(=O)OCC(=O)[C@H]1CC[C@H]2[C@@H]3CCC4=CC(=O)C=C[C@]4(C)[C@H]3[C@@H](O)C[C@]12C. The van der Waals surface area contributed by atoms with E-state index in [9.17, 15) is 19.5 Å². The number of ketones is 2. The molecule has 1 N–H and O–H groups in total. The molecule has 7 atom stereocenters. The van der Waals surface area contributed by atoms with Crippen molar-refractivity contribution in [3.63, 3.8) is 0 Å². The lowest BCUT2D eigenvalue weighted by atomic mass is 9.46. The number of allylic oxidation sites excluding steroid dienone is 4. The summed E-state index contributed by atoms with van der Waals surface area (Å²) < 4.78 is 15.2. The third-order valence-electron chi connectivity index (χ3n) is 8.85. The molecule has 0 saturated heterocycles. The zero-order valence-corrected chi connectivity index (χ0v) is 19.9. The van der Waals surface area contributed by atoms with E-state index in [1.54, 1.807) is 12.2 Å². The fraction of sp³-hybridized carbons (Fsp3) is 0.731. The molecule has 0 aromatic rings. The Hall–Kier alpha value is -1.83. The summed E-state index contributed by atoms with van der Waals surface area (Å²) in [5.41, 5.74) is 0.501. The minimum absolute atomic E-state index is 0.0154. The van der Waals surface area contributed by atoms with Crippen molar-refractivity contribution in [3.05, 3.63) is 23.8 Å². The first-order valence-electron chi connectivity index (χ1n) is 12.2. The van der Waals surface area contributed by atoms with Crippen LogP contribution in [0.15, 0.2) is 23.8 Å². The molecule has 33 heavy (non-hydrogen) atoms. The maximum absolute atomic E-state index is 13.1. The molecule has 3 fully saturated rings. The molecule has 0 aliphatic heterocycles. The molecule has 0 aromatic carbocycles. The molecule has 7 nitrogen and oxygen atoms in total. The molecule has 4 aliphatic carbocycles. The van der Waals surface area contributed by atoms with Crippen LogP contribution in [0.25, 0.3) is 0 Å². The van der Waals surface area contributed by atoms with Crippen molar-refractivity contribution in [2.24, 2.45) is 34.5 Å². The van der Waals surface area contributed by atoms with Gasteiger partial charge >= 0.3 is 5.97 Å². The van der Waals surface area contributed by atoms with E-state index < -0.39 is 12.1 Å². The second kappa shape index (κ2) is 9.43. The van der Waals surface area contributed by atoms with Crippen LogP contribution in [0.4, 0.5) is 0 Å². The molecule has 0 heterocycles. The van der Waals surface area contributed by atoms with E-state index in [0.29, 0.717) is 24.9 Å². The summed E-state index contributed by atoms with van der Waals surface area (Å²) in [7, 11) is 0. The van der Waals surface area contributed by atoms with Gasteiger partial charge in [0.1, 0.15) is 20.0 Å². The van der Waals surface area contributed by atoms with Crippen LogP contribution in [0.1, 0.15) is 52.9 Å². The molecule has 0 unspecified atom stereocenters. The number of rotatable bonds is 8. The minimum atomic E-state index is -0.579. The Morgan fingerprint density at radius 3 is 2.70 bits per heavy atom. The summed E-state index contributed by atoms with van der Waals surface area (Å²) >= 11 is 0. The van der Waals surface area contributed by atoms with Crippen molar-refractivity contribution >= 4 is 17.5 Å². The summed E-state index contributed by atoms with van der Waals surface area (Å²) in [6.07, 6.45) is 8.85. The average molecular weight is 461 g/mol. The van der Waals surface area contributed by atoms with Gasteiger partial charge in [-0.2, -0.15) is 0 Å². The van der Waals surface area contributed by atoms with E-state index in [0.717, 1.165) is 31.3 Å². The number of hydrogen-bond acceptors (Lipinski definition) is 7. The molecule has 0 aromatic heterocycles. The van der Waals surface area contributed by atoms with Crippen LogP contribution in [0.5, 0.6) is 0 Å². The Bertz CT molecular complexity index is 861. The van der Waals surface area contributed by atoms with E-state index in [4.69, 9.17) is 14.2 Å². The fourth-order valence-electron chi connectivity index (χ4n) is 7.42. The molecule has 182 valence electrons. The van der Waals surface area contributed by atoms with E-state index in [-0.39, 0.29) is 54.2 Å². The lowest BCUT2D eigenvalue weighted by molar-refractivity contribution is -0.160. The highest BCUT2D eigenvalue weighted by molar-refractivity contribution is 6.01. The Kier molecular flexibility index (Phi) is 6.95. The number of esters is 1. The monoisotopic (exact) mass is 460 g/mol. The molecular weight excluding hydrogens is 424 g/mol. The van der Waals surface area contributed by atoms with Crippen LogP contribution < -0.4 is 0 Å². The lowest BCUT2D eigenvalue weighted by Gasteiger charge is -2.58. The number of carbonyl (C=O) groups excluding carboxylic acids is 3. The number of Topliss-reactive ketones (excluding diaryl/α,β-unsaturated/α-hetero) is 1. The van der Waals surface area contributed by atoms with Crippen molar-refractivity contribution in [3.8, 4) is 0 Å². The summed E-state index contributed by atoms with van der Waals surface area (Å²) in [5, 5.41) is 11.4. The fourth-order valence-corrected chi connectivity index (χ4v) is 7.42. The van der Waals surface area contributed by atoms with Crippen LogP contribution >= 0.6 is 0 Å². The van der Waals surface area contributed by atoms with Gasteiger partial charge in [0.05, 0.1) is 6.10 Å². The van der Waals surface area contributed by atoms with Crippen molar-refractivity contribution in [2.75, 3.05) is 26.6 Å². The highest BCUT2D eigenvalue weighted by Crippen LogP contribution is 2.66. The van der Waals surface area contributed by atoms with Gasteiger partial charge in [-0.15, -0.1) is 0 Å². The average Bonchev–Trinajstić information content (AvgIpc) is 3.12. The van der Waals surface area contributed by atoms with Crippen LogP contribution in [0.3, 0.4) is 0 Å². The quantitative estimate of drug-likeness (QED) is 0.338. The maximum atomic E-state index is 13.1. The normalized spacial score (nSPS) is 39.3. The van der Waals surface area contributed by atoms with Gasteiger partial charge in [0.15, 0.2) is 11.6 Å². The smallest absolute Gasteiger partial charge is 0.332 e. The first-order valence-corrected chi connectivity index (χ1v) is 12.2. The molecule has 0 bridgehead atoms. The van der Waals surface area contributed by atoms with Gasteiger partial charge in [-0.05, 0) is 68.4 Å². The van der Waals surface area contributed by atoms with Crippen molar-refractivity contribution in [1.29, 1.82) is 0 Å². The second-order valence-corrected chi connectivity index (χ2v) is 10.5. The van der Waals surface area contributed by atoms with Crippen molar-refractivity contribution < 1.29 is 33.7 Å². The molecule has 4 rings (SSSR count). The lowest BCUT2D eigenvalue weighted by Crippen LogP contribution is -2.56. The Balaban J connectivity index is 1.43. The standard InChI is InChI=1S/C26H36O7/c1-4-31-15-32-14-23(30)33-13-22(29)20-8-7-19-18-6-5-16-11-17(27)9-10-25(16,2)24(18)21(28)12-26(19,20)3/h9-11,18-21,24,28H,4-8,12-15H2,1-3H3/t18-,19-,20+,21-,24+,25-,26-/m0/s1. The third-order valence-corrected chi connectivity index (χ3v) is 8.85. The zero-order valence-electron chi connectivity index (χ0n) is 19.9. The number of hydrogen-bond donors (Lipinski definition) is 1. The molecule has 4 aliphatic rings. The van der Waals surface area contributed by atoms with Crippen molar-refractivity contribution in [2.45, 2.75) is 59.0 Å². The van der Waals surface area contributed by atoms with Gasteiger partial charge in [0.25, 0.3) is 0 Å². The number of carbonyl (C=O) groups is 3. The highest BCUT2D eigenvalue weighted by atomic mass is 16.7. The Morgan fingerprint density at radius 2 is 1.94 bits per heavy atom. The molecule has 0 radical (unpaired) electrons. The first kappa shape index (κ1) is 24.3. The predicted molar refractivity (Wildman–Crippen MR) is 120 cm³/mol. The number of ether oxygens (including phenoxy) is 3. The van der Waals surface area contributed by atoms with Crippen molar-refractivity contribution in [1.82, 2.24) is 0 Å². The Labute approximate surface area is 195 Å². The molecule has 0 spiro atoms. The summed E-state index contributed by atoms with van der Waals surface area (Å²) in [6, 6.07) is 0. The summed E-state index contributed by atoms with van der Waals surface area (Å²) in [6.45, 7) is 6.11. The molecule has 0 amide bonds. The predicted octanol–water partition coefficient (Wildman–Crippen LogP) is 3.00. The van der Waals surface area contributed by atoms with Gasteiger partial charge in [-0.1, -0.05) is 25.5 Å². The molecular formula is C26H36O7. The number of aliphatic hydroxyl groups is 1. The van der Waals surface area contributed by atoms with Gasteiger partial charge in [-0.25, -0.2) is 4.79 Å². The van der Waals surface area contributed by atoms with Gasteiger partial charge < -0.3 is 19.3 Å². The van der Waals surface area contributed by atoms with Crippen LogP contribution in [0.2, 0.25) is 0 Å². The van der Waals surface area contributed by atoms with Gasteiger partial charge in [0.2, 0.25) is 0 Å². The highest BCUT2D eigenvalue weighted by Gasteiger charge is 2.62. The van der Waals surface area contributed by atoms with E-state index in [1.165, 1.54) is 0 Å². The third kappa shape index (κ3) is 4.35. The minimum Gasteiger partial charge on any atom is -0.456 e. The second-order valence-electron chi connectivity index (χ2n) is 10.5. The van der Waals surface area contributed by atoms with Gasteiger partial charge in [-0.3, -0.25) is 9.59 Å². The van der Waals surface area contributed by atoms with Crippen LogP contribution in [-0.2, 0) is 28.6 Å². The van der Waals surface area contributed by atoms with Crippen LogP contribution in [-0.4, -0.2) is 55.4 Å². The topological polar surface area (TPSA) is 99.1 Å². The molecule has 3 saturated carbocycles. The van der Waals surface area contributed by atoms with E-state index in [2.05, 4.69) is 13.8 Å².